The highest BCUT2D eigenvalue weighted by molar-refractivity contribution is 5.68. The van der Waals surface area contributed by atoms with Gasteiger partial charge in [-0.15, -0.1) is 0 Å². The van der Waals surface area contributed by atoms with E-state index in [0.717, 1.165) is 16.9 Å². The maximum Gasteiger partial charge on any atom is 0.180 e. The van der Waals surface area contributed by atoms with Crippen molar-refractivity contribution in [3.8, 4) is 22.8 Å². The van der Waals surface area contributed by atoms with Crippen molar-refractivity contribution >= 4 is 11.5 Å². The van der Waals surface area contributed by atoms with Gasteiger partial charge in [0.25, 0.3) is 0 Å². The molecule has 0 amide bonds. The summed E-state index contributed by atoms with van der Waals surface area (Å²) < 4.78 is 0. The SMILES string of the molecule is c1ccc(-c2nc(Nc3ccncc3)cc(-c3cccnc3)n2)nc1. The van der Waals surface area contributed by atoms with E-state index < -0.39 is 0 Å². The molecule has 25 heavy (non-hydrogen) atoms. The summed E-state index contributed by atoms with van der Waals surface area (Å²) in [6, 6.07) is 15.2. The fourth-order valence-corrected chi connectivity index (χ4v) is 2.37. The van der Waals surface area contributed by atoms with Crippen LogP contribution in [0.4, 0.5) is 11.5 Å². The molecule has 0 atom stereocenters. The van der Waals surface area contributed by atoms with Gasteiger partial charge in [0.05, 0.1) is 5.69 Å². The van der Waals surface area contributed by atoms with Gasteiger partial charge in [-0.25, -0.2) is 9.97 Å². The lowest BCUT2D eigenvalue weighted by atomic mass is 10.2. The first-order valence-electron chi connectivity index (χ1n) is 7.76. The molecule has 6 heteroatoms. The lowest BCUT2D eigenvalue weighted by Crippen LogP contribution is -2.00. The van der Waals surface area contributed by atoms with E-state index in [2.05, 4.69) is 30.2 Å². The van der Waals surface area contributed by atoms with Crippen LogP contribution < -0.4 is 5.32 Å². The summed E-state index contributed by atoms with van der Waals surface area (Å²) in [4.78, 5) is 21.8. The normalized spacial score (nSPS) is 10.4. The van der Waals surface area contributed by atoms with Gasteiger partial charge in [-0.1, -0.05) is 6.07 Å². The van der Waals surface area contributed by atoms with Crippen LogP contribution in [0.25, 0.3) is 22.8 Å². The Labute approximate surface area is 144 Å². The van der Waals surface area contributed by atoms with E-state index in [4.69, 9.17) is 0 Å². The Bertz CT molecular complexity index is 901. The number of rotatable bonds is 4. The lowest BCUT2D eigenvalue weighted by molar-refractivity contribution is 1.14. The molecule has 0 aromatic carbocycles. The van der Waals surface area contributed by atoms with E-state index in [1.807, 2.05) is 48.5 Å². The summed E-state index contributed by atoms with van der Waals surface area (Å²) in [5.74, 6) is 1.24. The maximum absolute atomic E-state index is 4.65. The van der Waals surface area contributed by atoms with E-state index >= 15 is 0 Å². The summed E-state index contributed by atoms with van der Waals surface area (Å²) in [7, 11) is 0. The molecule has 0 aliphatic heterocycles. The molecule has 120 valence electrons. The number of nitrogens with one attached hydrogen (secondary N) is 1. The second kappa shape index (κ2) is 6.84. The Morgan fingerprint density at radius 1 is 0.720 bits per heavy atom. The van der Waals surface area contributed by atoms with Crippen LogP contribution in [0.1, 0.15) is 0 Å². The van der Waals surface area contributed by atoms with Crippen molar-refractivity contribution in [3.63, 3.8) is 0 Å². The summed E-state index contributed by atoms with van der Waals surface area (Å²) in [6.07, 6.45) is 8.70. The third-order valence-corrected chi connectivity index (χ3v) is 3.53. The summed E-state index contributed by atoms with van der Waals surface area (Å²) in [5.41, 5.74) is 3.31. The molecule has 0 saturated carbocycles. The van der Waals surface area contributed by atoms with Crippen LogP contribution in [-0.2, 0) is 0 Å². The zero-order chi connectivity index (χ0) is 16.9. The predicted molar refractivity (Wildman–Crippen MR) is 96.0 cm³/mol. The Kier molecular flexibility index (Phi) is 4.07. The molecule has 0 fully saturated rings. The largest absolute Gasteiger partial charge is 0.340 e. The molecular formula is C19H14N6. The van der Waals surface area contributed by atoms with Crippen molar-refractivity contribution < 1.29 is 0 Å². The Morgan fingerprint density at radius 2 is 1.64 bits per heavy atom. The molecule has 4 aromatic rings. The molecule has 4 aromatic heterocycles. The monoisotopic (exact) mass is 326 g/mol. The first-order chi connectivity index (χ1) is 12.4. The summed E-state index contributed by atoms with van der Waals surface area (Å²) in [5, 5.41) is 3.28. The van der Waals surface area contributed by atoms with Crippen LogP contribution in [-0.4, -0.2) is 24.9 Å². The third-order valence-electron chi connectivity index (χ3n) is 3.53. The summed E-state index contributed by atoms with van der Waals surface area (Å²) >= 11 is 0. The number of nitrogens with zero attached hydrogens (tertiary/aromatic N) is 5. The smallest absolute Gasteiger partial charge is 0.180 e. The Balaban J connectivity index is 1.80. The van der Waals surface area contributed by atoms with E-state index in [-0.39, 0.29) is 0 Å². The fourth-order valence-electron chi connectivity index (χ4n) is 2.37. The molecule has 0 radical (unpaired) electrons. The molecule has 4 heterocycles. The number of anilines is 2. The number of hydrogen-bond acceptors (Lipinski definition) is 6. The minimum atomic E-state index is 0.554. The van der Waals surface area contributed by atoms with Crippen molar-refractivity contribution in [3.05, 3.63) is 79.5 Å². The highest BCUT2D eigenvalue weighted by Crippen LogP contribution is 2.24. The molecule has 4 rings (SSSR count). The van der Waals surface area contributed by atoms with Crippen molar-refractivity contribution in [2.24, 2.45) is 0 Å². The average Bonchev–Trinajstić information content (AvgIpc) is 2.70. The second-order valence-corrected chi connectivity index (χ2v) is 5.28. The van der Waals surface area contributed by atoms with Crippen LogP contribution in [0.2, 0.25) is 0 Å². The van der Waals surface area contributed by atoms with Gasteiger partial charge in [-0.2, -0.15) is 0 Å². The van der Waals surface area contributed by atoms with Gasteiger partial charge in [0, 0.05) is 48.3 Å². The minimum absolute atomic E-state index is 0.554. The average molecular weight is 326 g/mol. The molecule has 0 bridgehead atoms. The van der Waals surface area contributed by atoms with Crippen molar-refractivity contribution in [2.45, 2.75) is 0 Å². The topological polar surface area (TPSA) is 76.5 Å². The molecule has 0 spiro atoms. The quantitative estimate of drug-likeness (QED) is 0.615. The zero-order valence-corrected chi connectivity index (χ0v) is 13.2. The summed E-state index contributed by atoms with van der Waals surface area (Å²) in [6.45, 7) is 0. The maximum atomic E-state index is 4.65. The van der Waals surface area contributed by atoms with Gasteiger partial charge in [-0.05, 0) is 36.4 Å². The van der Waals surface area contributed by atoms with Crippen molar-refractivity contribution in [1.82, 2.24) is 24.9 Å². The van der Waals surface area contributed by atoms with Crippen LogP contribution >= 0.6 is 0 Å². The lowest BCUT2D eigenvalue weighted by Gasteiger charge is -2.10. The highest BCUT2D eigenvalue weighted by Gasteiger charge is 2.10. The molecule has 0 aliphatic carbocycles. The minimum Gasteiger partial charge on any atom is -0.340 e. The first-order valence-corrected chi connectivity index (χ1v) is 7.76. The number of pyridine rings is 3. The zero-order valence-electron chi connectivity index (χ0n) is 13.2. The van der Waals surface area contributed by atoms with E-state index in [0.29, 0.717) is 17.3 Å². The van der Waals surface area contributed by atoms with Gasteiger partial charge in [0.15, 0.2) is 5.82 Å². The van der Waals surface area contributed by atoms with Crippen LogP contribution in [0.15, 0.2) is 79.5 Å². The molecule has 0 unspecified atom stereocenters. The molecule has 0 aliphatic rings. The van der Waals surface area contributed by atoms with Gasteiger partial charge < -0.3 is 5.32 Å². The Hall–Kier alpha value is -3.67. The second-order valence-electron chi connectivity index (χ2n) is 5.28. The van der Waals surface area contributed by atoms with Gasteiger partial charge in [0.2, 0.25) is 0 Å². The highest BCUT2D eigenvalue weighted by atomic mass is 15.0. The number of aromatic nitrogens is 5. The van der Waals surface area contributed by atoms with E-state index in [1.54, 1.807) is 31.0 Å². The predicted octanol–water partition coefficient (Wildman–Crippen LogP) is 3.74. The van der Waals surface area contributed by atoms with E-state index in [9.17, 15) is 0 Å². The van der Waals surface area contributed by atoms with Gasteiger partial charge >= 0.3 is 0 Å². The Morgan fingerprint density at radius 3 is 2.40 bits per heavy atom. The number of hydrogen-bond donors (Lipinski definition) is 1. The first kappa shape index (κ1) is 14.9. The van der Waals surface area contributed by atoms with Gasteiger partial charge in [0.1, 0.15) is 11.5 Å². The molecule has 1 N–H and O–H groups in total. The molecular weight excluding hydrogens is 312 g/mol. The van der Waals surface area contributed by atoms with Crippen LogP contribution in [0, 0.1) is 0 Å². The van der Waals surface area contributed by atoms with Crippen LogP contribution in [0.5, 0.6) is 0 Å². The third kappa shape index (κ3) is 3.48. The molecule has 0 saturated heterocycles. The van der Waals surface area contributed by atoms with Crippen molar-refractivity contribution in [2.75, 3.05) is 5.32 Å². The standard InChI is InChI=1S/C19H14N6/c1-2-9-22-16(5-1)19-24-17(14-4-3-8-21-13-14)12-18(25-19)23-15-6-10-20-11-7-15/h1-13H,(H,20,23,24,25). The van der Waals surface area contributed by atoms with Crippen molar-refractivity contribution in [1.29, 1.82) is 0 Å². The van der Waals surface area contributed by atoms with Gasteiger partial charge in [-0.3, -0.25) is 15.0 Å². The van der Waals surface area contributed by atoms with E-state index in [1.165, 1.54) is 0 Å². The van der Waals surface area contributed by atoms with Crippen LogP contribution in [0.3, 0.4) is 0 Å². The fraction of sp³-hybridized carbons (Fsp3) is 0. The molecule has 6 nitrogen and oxygen atoms in total.